The number of rotatable bonds is 3. The highest BCUT2D eigenvalue weighted by atomic mass is 35.5. The Labute approximate surface area is 162 Å². The summed E-state index contributed by atoms with van der Waals surface area (Å²) in [6.45, 7) is 0.610. The second-order valence-electron chi connectivity index (χ2n) is 6.31. The molecule has 0 radical (unpaired) electrons. The average molecular weight is 408 g/mol. The Balaban J connectivity index is 1.87. The molecular weight excluding hydrogens is 395 g/mol. The maximum Gasteiger partial charge on any atom is 0.417 e. The van der Waals surface area contributed by atoms with Gasteiger partial charge in [-0.15, -0.1) is 0 Å². The quantitative estimate of drug-likeness (QED) is 0.649. The van der Waals surface area contributed by atoms with Crippen molar-refractivity contribution in [2.24, 2.45) is 0 Å². The van der Waals surface area contributed by atoms with E-state index in [4.69, 9.17) is 11.6 Å². The van der Waals surface area contributed by atoms with Crippen molar-refractivity contribution in [3.05, 3.63) is 64.2 Å². The number of halogens is 4. The normalized spacial score (nSPS) is 13.3. The third kappa shape index (κ3) is 3.09. The summed E-state index contributed by atoms with van der Waals surface area (Å²) in [5.74, 6) is -0.438. The molecule has 0 spiro atoms. The van der Waals surface area contributed by atoms with Crippen molar-refractivity contribution in [1.29, 1.82) is 0 Å². The van der Waals surface area contributed by atoms with Crippen molar-refractivity contribution in [2.75, 3.05) is 11.9 Å². The molecule has 9 heteroatoms. The van der Waals surface area contributed by atoms with Gasteiger partial charge in [0.05, 0.1) is 27.5 Å². The van der Waals surface area contributed by atoms with Crippen LogP contribution in [0, 0.1) is 0 Å². The Kier molecular flexibility index (Phi) is 4.30. The number of fused-ring (bicyclic) bond motifs is 1. The summed E-state index contributed by atoms with van der Waals surface area (Å²) in [7, 11) is 0. The van der Waals surface area contributed by atoms with Crippen molar-refractivity contribution in [2.45, 2.75) is 12.6 Å². The molecule has 0 bridgehead atoms. The number of alkyl halides is 3. The number of hydrogen-bond donors (Lipinski definition) is 2. The first-order valence-electron chi connectivity index (χ1n) is 8.32. The average Bonchev–Trinajstić information content (AvgIpc) is 3.24. The van der Waals surface area contributed by atoms with Gasteiger partial charge in [-0.05, 0) is 36.8 Å². The zero-order valence-electron chi connectivity index (χ0n) is 14.2. The topological polar surface area (TPSA) is 67.1 Å². The van der Waals surface area contributed by atoms with Crippen molar-refractivity contribution >= 4 is 23.4 Å². The predicted octanol–water partition coefficient (Wildman–Crippen LogP) is 4.88. The molecule has 0 saturated heterocycles. The number of aromatic nitrogens is 2. The van der Waals surface area contributed by atoms with Crippen LogP contribution in [-0.2, 0) is 12.6 Å². The van der Waals surface area contributed by atoms with E-state index >= 15 is 0 Å². The van der Waals surface area contributed by atoms with Crippen molar-refractivity contribution < 1.29 is 23.1 Å². The SMILES string of the molecule is O=C(O)c1cccc(-n2nc(-c3ccc(Cl)c(C(F)(F)F)c3)c3c2NCC3)c1. The minimum absolute atomic E-state index is 0.0900. The number of benzene rings is 2. The minimum atomic E-state index is -4.58. The maximum atomic E-state index is 13.2. The van der Waals surface area contributed by atoms with Gasteiger partial charge >= 0.3 is 12.1 Å². The van der Waals surface area contributed by atoms with Crippen LogP contribution in [-0.4, -0.2) is 27.4 Å². The molecule has 1 aromatic heterocycles. The molecule has 0 amide bonds. The molecule has 5 nitrogen and oxygen atoms in total. The molecule has 2 aromatic carbocycles. The Morgan fingerprint density at radius 1 is 1.21 bits per heavy atom. The molecule has 1 aliphatic rings. The number of aromatic carboxylic acids is 1. The smallest absolute Gasteiger partial charge is 0.417 e. The van der Waals surface area contributed by atoms with Crippen molar-refractivity contribution in [3.8, 4) is 16.9 Å². The monoisotopic (exact) mass is 407 g/mol. The molecule has 2 heterocycles. The first kappa shape index (κ1) is 18.4. The maximum absolute atomic E-state index is 13.2. The van der Waals surface area contributed by atoms with E-state index in [0.717, 1.165) is 11.6 Å². The van der Waals surface area contributed by atoms with E-state index < -0.39 is 17.7 Å². The second-order valence-corrected chi connectivity index (χ2v) is 6.72. The summed E-state index contributed by atoms with van der Waals surface area (Å²) in [6, 6.07) is 9.88. The first-order valence-corrected chi connectivity index (χ1v) is 8.70. The number of hydrogen-bond acceptors (Lipinski definition) is 3. The van der Waals surface area contributed by atoms with E-state index in [0.29, 0.717) is 35.7 Å². The number of carboxylic acid groups (broad SMARTS) is 1. The Bertz CT molecular complexity index is 1090. The van der Waals surface area contributed by atoms with Gasteiger partial charge in [-0.25, -0.2) is 9.48 Å². The van der Waals surface area contributed by atoms with Gasteiger partial charge in [0.1, 0.15) is 5.82 Å². The third-order valence-electron chi connectivity index (χ3n) is 4.53. The van der Waals surface area contributed by atoms with Crippen molar-refractivity contribution in [3.63, 3.8) is 0 Å². The van der Waals surface area contributed by atoms with E-state index in [1.54, 1.807) is 12.1 Å². The van der Waals surface area contributed by atoms with Crippen LogP contribution in [0.25, 0.3) is 16.9 Å². The molecule has 3 aromatic rings. The van der Waals surface area contributed by atoms with Gasteiger partial charge in [-0.3, -0.25) is 0 Å². The van der Waals surface area contributed by atoms with Crippen molar-refractivity contribution in [1.82, 2.24) is 9.78 Å². The molecule has 0 unspecified atom stereocenters. The third-order valence-corrected chi connectivity index (χ3v) is 4.86. The summed E-state index contributed by atoms with van der Waals surface area (Å²) < 4.78 is 41.2. The number of carboxylic acids is 1. The van der Waals surface area contributed by atoms with E-state index in [9.17, 15) is 23.1 Å². The fourth-order valence-corrected chi connectivity index (χ4v) is 3.48. The van der Waals surface area contributed by atoms with Crippen LogP contribution < -0.4 is 5.32 Å². The van der Waals surface area contributed by atoms with E-state index in [-0.39, 0.29) is 10.6 Å². The molecule has 144 valence electrons. The Morgan fingerprint density at radius 2 is 2.00 bits per heavy atom. The summed E-state index contributed by atoms with van der Waals surface area (Å²) in [5.41, 5.74) is 1.15. The summed E-state index contributed by atoms with van der Waals surface area (Å²) in [4.78, 5) is 11.2. The van der Waals surface area contributed by atoms with Crippen LogP contribution in [0.4, 0.5) is 19.0 Å². The molecule has 0 saturated carbocycles. The summed E-state index contributed by atoms with van der Waals surface area (Å²) >= 11 is 5.72. The lowest BCUT2D eigenvalue weighted by Gasteiger charge is -2.10. The van der Waals surface area contributed by atoms with Crippen LogP contribution in [0.15, 0.2) is 42.5 Å². The van der Waals surface area contributed by atoms with Gasteiger partial charge in [0.25, 0.3) is 0 Å². The zero-order chi connectivity index (χ0) is 20.1. The van der Waals surface area contributed by atoms with Crippen LogP contribution in [0.2, 0.25) is 5.02 Å². The summed E-state index contributed by atoms with van der Waals surface area (Å²) in [6.07, 6.45) is -3.99. The van der Waals surface area contributed by atoms with Gasteiger partial charge in [0, 0.05) is 17.7 Å². The highest BCUT2D eigenvalue weighted by molar-refractivity contribution is 6.31. The van der Waals surface area contributed by atoms with Gasteiger partial charge in [-0.1, -0.05) is 23.7 Å². The second kappa shape index (κ2) is 6.56. The van der Waals surface area contributed by atoms with E-state index in [1.165, 1.54) is 28.9 Å². The van der Waals surface area contributed by atoms with E-state index in [1.807, 2.05) is 0 Å². The van der Waals surface area contributed by atoms with Gasteiger partial charge < -0.3 is 10.4 Å². The lowest BCUT2D eigenvalue weighted by molar-refractivity contribution is -0.137. The van der Waals surface area contributed by atoms with Crippen LogP contribution in [0.1, 0.15) is 21.5 Å². The van der Waals surface area contributed by atoms with Gasteiger partial charge in [-0.2, -0.15) is 18.3 Å². The van der Waals surface area contributed by atoms with Crippen LogP contribution in [0.3, 0.4) is 0 Å². The van der Waals surface area contributed by atoms with Gasteiger partial charge in [0.15, 0.2) is 0 Å². The fourth-order valence-electron chi connectivity index (χ4n) is 3.25. The summed E-state index contributed by atoms with van der Waals surface area (Å²) in [5, 5.41) is 16.5. The zero-order valence-corrected chi connectivity index (χ0v) is 15.0. The molecule has 4 rings (SSSR count). The molecule has 2 N–H and O–H groups in total. The predicted molar refractivity (Wildman–Crippen MR) is 98.2 cm³/mol. The number of nitrogens with zero attached hydrogens (tertiary/aromatic N) is 2. The van der Waals surface area contributed by atoms with E-state index in [2.05, 4.69) is 10.4 Å². The molecule has 0 aliphatic carbocycles. The van der Waals surface area contributed by atoms with Crippen LogP contribution in [0.5, 0.6) is 0 Å². The number of carbonyl (C=O) groups is 1. The molecule has 0 fully saturated rings. The molecule has 1 aliphatic heterocycles. The Hall–Kier alpha value is -3.00. The highest BCUT2D eigenvalue weighted by Crippen LogP contribution is 2.40. The first-order chi connectivity index (χ1) is 13.3. The lowest BCUT2D eigenvalue weighted by Crippen LogP contribution is -2.07. The standard InChI is InChI=1S/C19H13ClF3N3O2/c20-15-5-4-10(9-14(15)19(21,22)23)16-13-6-7-24-17(13)26(25-16)12-3-1-2-11(8-12)18(27)28/h1-5,8-9,24H,6-7H2,(H,27,28). The molecular formula is C19H13ClF3N3O2. The molecule has 0 atom stereocenters. The largest absolute Gasteiger partial charge is 0.478 e. The van der Waals surface area contributed by atoms with Crippen LogP contribution >= 0.6 is 11.6 Å². The Morgan fingerprint density at radius 3 is 2.71 bits per heavy atom. The molecule has 28 heavy (non-hydrogen) atoms. The lowest BCUT2D eigenvalue weighted by atomic mass is 10.0. The van der Waals surface area contributed by atoms with Gasteiger partial charge in [0.2, 0.25) is 0 Å². The minimum Gasteiger partial charge on any atom is -0.478 e. The highest BCUT2D eigenvalue weighted by Gasteiger charge is 2.34. The number of anilines is 1. The number of nitrogens with one attached hydrogen (secondary N) is 1. The fraction of sp³-hybridized carbons (Fsp3) is 0.158.